The van der Waals surface area contributed by atoms with Crippen molar-refractivity contribution >= 4 is 24.2 Å². The highest BCUT2D eigenvalue weighted by Gasteiger charge is 2.28. The van der Waals surface area contributed by atoms with Crippen molar-refractivity contribution in [2.75, 3.05) is 6.54 Å². The van der Waals surface area contributed by atoms with Crippen LogP contribution in [0.4, 0.5) is 0 Å². The number of phenolic OH excluding ortho intramolecular Hbond substituents is 1. The van der Waals surface area contributed by atoms with Crippen molar-refractivity contribution < 1.29 is 14.7 Å². The SMILES string of the molecule is Cc1cc(O)cc(C)c1C[C@H](N)C(=O)N(CCCc1ccccc1)[C@H](C)C(N)=O.Cl. The molecule has 0 aliphatic heterocycles. The number of rotatable bonds is 9. The number of amides is 2. The van der Waals surface area contributed by atoms with Crippen molar-refractivity contribution in [3.05, 3.63) is 64.7 Å². The van der Waals surface area contributed by atoms with E-state index in [0.29, 0.717) is 19.4 Å². The van der Waals surface area contributed by atoms with Crippen molar-refractivity contribution in [1.82, 2.24) is 4.90 Å². The Hall–Kier alpha value is -2.57. The Bertz CT molecular complexity index is 835. The van der Waals surface area contributed by atoms with Gasteiger partial charge in [0.25, 0.3) is 0 Å². The Morgan fingerprint density at radius 3 is 2.20 bits per heavy atom. The fourth-order valence-corrected chi connectivity index (χ4v) is 3.56. The van der Waals surface area contributed by atoms with Gasteiger partial charge in [-0.15, -0.1) is 12.4 Å². The van der Waals surface area contributed by atoms with E-state index in [-0.39, 0.29) is 24.1 Å². The van der Waals surface area contributed by atoms with Crippen LogP contribution >= 0.6 is 12.4 Å². The standard InChI is InChI=1S/C23H31N3O3.ClH/c1-15-12-19(27)13-16(2)20(15)14-21(24)23(29)26(17(3)22(25)28)11-7-10-18-8-5-4-6-9-18;/h4-6,8-9,12-13,17,21,27H,7,10-11,14,24H2,1-3H3,(H2,25,28);1H/t17-,21+;/m1./s1. The average molecular weight is 434 g/mol. The Morgan fingerprint density at radius 1 is 1.10 bits per heavy atom. The van der Waals surface area contributed by atoms with Crippen LogP contribution in [0.5, 0.6) is 5.75 Å². The lowest BCUT2D eigenvalue weighted by Gasteiger charge is -2.30. The normalized spacial score (nSPS) is 12.5. The number of nitrogens with zero attached hydrogens (tertiary/aromatic N) is 1. The van der Waals surface area contributed by atoms with Gasteiger partial charge in [0.15, 0.2) is 0 Å². The van der Waals surface area contributed by atoms with E-state index in [9.17, 15) is 14.7 Å². The van der Waals surface area contributed by atoms with Crippen LogP contribution in [-0.2, 0) is 22.4 Å². The number of phenols is 1. The lowest BCUT2D eigenvalue weighted by atomic mass is 9.95. The minimum atomic E-state index is -0.796. The molecular weight excluding hydrogens is 402 g/mol. The molecule has 0 unspecified atom stereocenters. The van der Waals surface area contributed by atoms with Gasteiger partial charge >= 0.3 is 0 Å². The summed E-state index contributed by atoms with van der Waals surface area (Å²) in [7, 11) is 0. The van der Waals surface area contributed by atoms with E-state index in [2.05, 4.69) is 0 Å². The second-order valence-electron chi connectivity index (χ2n) is 7.57. The molecule has 2 rings (SSSR count). The van der Waals surface area contributed by atoms with E-state index >= 15 is 0 Å². The van der Waals surface area contributed by atoms with Crippen LogP contribution in [0.15, 0.2) is 42.5 Å². The first kappa shape index (κ1) is 25.5. The molecule has 2 atom stereocenters. The summed E-state index contributed by atoms with van der Waals surface area (Å²) in [6.45, 7) is 5.79. The van der Waals surface area contributed by atoms with Crippen LogP contribution in [-0.4, -0.2) is 40.4 Å². The zero-order chi connectivity index (χ0) is 21.6. The van der Waals surface area contributed by atoms with Crippen LogP contribution in [0.25, 0.3) is 0 Å². The van der Waals surface area contributed by atoms with Gasteiger partial charge < -0.3 is 21.5 Å². The molecule has 5 N–H and O–H groups in total. The maximum atomic E-state index is 13.1. The number of hydrogen-bond donors (Lipinski definition) is 3. The van der Waals surface area contributed by atoms with Gasteiger partial charge in [0.05, 0.1) is 6.04 Å². The lowest BCUT2D eigenvalue weighted by molar-refractivity contribution is -0.139. The van der Waals surface area contributed by atoms with Crippen molar-refractivity contribution in [3.8, 4) is 5.75 Å². The van der Waals surface area contributed by atoms with Crippen molar-refractivity contribution in [1.29, 1.82) is 0 Å². The van der Waals surface area contributed by atoms with E-state index in [0.717, 1.165) is 23.1 Å². The Kier molecular flexibility index (Phi) is 9.82. The number of aryl methyl sites for hydroxylation is 3. The average Bonchev–Trinajstić information content (AvgIpc) is 2.67. The van der Waals surface area contributed by atoms with Crippen LogP contribution in [0.1, 0.15) is 35.6 Å². The number of primary amides is 1. The summed E-state index contributed by atoms with van der Waals surface area (Å²) in [5.74, 6) is -0.660. The molecule has 0 saturated carbocycles. The molecule has 0 saturated heterocycles. The monoisotopic (exact) mass is 433 g/mol. The fraction of sp³-hybridized carbons (Fsp3) is 0.391. The molecule has 0 bridgehead atoms. The van der Waals surface area contributed by atoms with E-state index < -0.39 is 18.0 Å². The van der Waals surface area contributed by atoms with E-state index in [4.69, 9.17) is 11.5 Å². The quantitative estimate of drug-likeness (QED) is 0.564. The molecule has 2 amide bonds. The molecule has 0 spiro atoms. The summed E-state index contributed by atoms with van der Waals surface area (Å²) in [5, 5.41) is 9.72. The minimum absolute atomic E-state index is 0. The van der Waals surface area contributed by atoms with Crippen molar-refractivity contribution in [2.24, 2.45) is 11.5 Å². The number of carbonyl (C=O) groups is 2. The van der Waals surface area contributed by atoms with Crippen molar-refractivity contribution in [3.63, 3.8) is 0 Å². The van der Waals surface area contributed by atoms with Gasteiger partial charge in [-0.3, -0.25) is 9.59 Å². The van der Waals surface area contributed by atoms with E-state index in [1.807, 2.05) is 44.2 Å². The maximum Gasteiger partial charge on any atom is 0.240 e. The molecule has 0 radical (unpaired) electrons. The summed E-state index contributed by atoms with van der Waals surface area (Å²) < 4.78 is 0. The number of halogens is 1. The van der Waals surface area contributed by atoms with Gasteiger partial charge in [0.2, 0.25) is 11.8 Å². The number of hydrogen-bond acceptors (Lipinski definition) is 4. The van der Waals surface area contributed by atoms with Crippen LogP contribution in [0.3, 0.4) is 0 Å². The fourth-order valence-electron chi connectivity index (χ4n) is 3.56. The Balaban J connectivity index is 0.00000450. The lowest BCUT2D eigenvalue weighted by Crippen LogP contribution is -2.53. The summed E-state index contributed by atoms with van der Waals surface area (Å²) in [6, 6.07) is 11.8. The molecule has 2 aromatic carbocycles. The molecule has 2 aromatic rings. The van der Waals surface area contributed by atoms with Gasteiger partial charge in [0.1, 0.15) is 11.8 Å². The predicted molar refractivity (Wildman–Crippen MR) is 122 cm³/mol. The Morgan fingerprint density at radius 2 is 1.67 bits per heavy atom. The zero-order valence-corrected chi connectivity index (χ0v) is 18.6. The number of benzene rings is 2. The number of nitrogens with two attached hydrogens (primary N) is 2. The molecule has 30 heavy (non-hydrogen) atoms. The molecule has 0 fully saturated rings. The highest BCUT2D eigenvalue weighted by atomic mass is 35.5. The van der Waals surface area contributed by atoms with Crippen LogP contribution in [0, 0.1) is 13.8 Å². The highest BCUT2D eigenvalue weighted by molar-refractivity contribution is 5.89. The minimum Gasteiger partial charge on any atom is -0.508 e. The van der Waals surface area contributed by atoms with Gasteiger partial charge in [0, 0.05) is 6.54 Å². The van der Waals surface area contributed by atoms with Gasteiger partial charge in [-0.25, -0.2) is 0 Å². The smallest absolute Gasteiger partial charge is 0.240 e. The topological polar surface area (TPSA) is 110 Å². The summed E-state index contributed by atoms with van der Waals surface area (Å²) in [4.78, 5) is 26.3. The second kappa shape index (κ2) is 11.6. The first-order chi connectivity index (χ1) is 13.7. The molecule has 0 aromatic heterocycles. The number of aromatic hydroxyl groups is 1. The third-order valence-corrected chi connectivity index (χ3v) is 5.29. The predicted octanol–water partition coefficient (Wildman–Crippen LogP) is 2.64. The van der Waals surface area contributed by atoms with E-state index in [1.54, 1.807) is 19.1 Å². The maximum absolute atomic E-state index is 13.1. The summed E-state index contributed by atoms with van der Waals surface area (Å²) in [5.41, 5.74) is 15.6. The molecular formula is C23H32ClN3O3. The molecule has 0 heterocycles. The summed E-state index contributed by atoms with van der Waals surface area (Å²) in [6.07, 6.45) is 1.83. The van der Waals surface area contributed by atoms with Gasteiger partial charge in [-0.2, -0.15) is 0 Å². The van der Waals surface area contributed by atoms with Crippen molar-refractivity contribution in [2.45, 2.75) is 52.1 Å². The van der Waals surface area contributed by atoms with E-state index in [1.165, 1.54) is 10.5 Å². The largest absolute Gasteiger partial charge is 0.508 e. The third-order valence-electron chi connectivity index (χ3n) is 5.29. The highest BCUT2D eigenvalue weighted by Crippen LogP contribution is 2.22. The Labute approximate surface area is 184 Å². The molecule has 7 heteroatoms. The second-order valence-corrected chi connectivity index (χ2v) is 7.57. The third kappa shape index (κ3) is 6.75. The molecule has 0 aliphatic carbocycles. The molecule has 6 nitrogen and oxygen atoms in total. The van der Waals surface area contributed by atoms with Crippen LogP contribution < -0.4 is 11.5 Å². The first-order valence-corrected chi connectivity index (χ1v) is 9.89. The van der Waals surface area contributed by atoms with Crippen LogP contribution in [0.2, 0.25) is 0 Å². The number of carbonyl (C=O) groups excluding carboxylic acids is 2. The van der Waals surface area contributed by atoms with Gasteiger partial charge in [-0.1, -0.05) is 30.3 Å². The summed E-state index contributed by atoms with van der Waals surface area (Å²) >= 11 is 0. The zero-order valence-electron chi connectivity index (χ0n) is 17.8. The van der Waals surface area contributed by atoms with Gasteiger partial charge in [-0.05, 0) is 74.4 Å². The molecule has 164 valence electrons. The first-order valence-electron chi connectivity index (χ1n) is 9.89. The molecule has 0 aliphatic rings.